The van der Waals surface area contributed by atoms with Gasteiger partial charge in [0, 0.05) is 10.9 Å². The van der Waals surface area contributed by atoms with E-state index in [9.17, 15) is 4.79 Å². The van der Waals surface area contributed by atoms with Crippen LogP contribution in [0.5, 0.6) is 0 Å². The van der Waals surface area contributed by atoms with E-state index in [1.54, 1.807) is 0 Å². The highest BCUT2D eigenvalue weighted by Gasteiger charge is 2.17. The molecule has 1 aromatic heterocycles. The Kier molecular flexibility index (Phi) is 2.61. The molecule has 0 saturated heterocycles. The summed E-state index contributed by atoms with van der Waals surface area (Å²) in [6, 6.07) is 7.62. The summed E-state index contributed by atoms with van der Waals surface area (Å²) in [6.45, 7) is 1.96. The molecule has 0 unspecified atom stereocenters. The molecule has 0 aliphatic carbocycles. The second-order valence-electron chi connectivity index (χ2n) is 3.36. The molecule has 0 saturated carbocycles. The molecule has 16 heavy (non-hydrogen) atoms. The summed E-state index contributed by atoms with van der Waals surface area (Å²) in [7, 11) is 0. The predicted molar refractivity (Wildman–Crippen MR) is 58.7 cm³/mol. The van der Waals surface area contributed by atoms with Crippen molar-refractivity contribution in [3.63, 3.8) is 0 Å². The summed E-state index contributed by atoms with van der Waals surface area (Å²) in [5.74, 6) is -0.629. The summed E-state index contributed by atoms with van der Waals surface area (Å²) in [5.41, 5.74) is 2.13. The van der Waals surface area contributed by atoms with Gasteiger partial charge in [0.15, 0.2) is 0 Å². The lowest BCUT2D eigenvalue weighted by Crippen LogP contribution is -2.04. The van der Waals surface area contributed by atoms with Gasteiger partial charge in [0.2, 0.25) is 0 Å². The number of aryl methyl sites for hydroxylation is 1. The van der Waals surface area contributed by atoms with E-state index >= 15 is 0 Å². The van der Waals surface area contributed by atoms with E-state index in [0.717, 1.165) is 16.5 Å². The van der Waals surface area contributed by atoms with Gasteiger partial charge in [-0.25, -0.2) is 4.79 Å². The number of hydrogen-bond acceptors (Lipinski definition) is 3. The van der Waals surface area contributed by atoms with Crippen LogP contribution in [0.1, 0.15) is 23.0 Å². The van der Waals surface area contributed by atoms with Gasteiger partial charge in [0.05, 0.1) is 0 Å². The third kappa shape index (κ3) is 1.52. The number of hydrogen-bond donors (Lipinski definition) is 1. The Hall–Kier alpha value is -2.28. The third-order valence-corrected chi connectivity index (χ3v) is 2.51. The molecule has 2 rings (SSSR count). The number of nitrogens with zero attached hydrogens (tertiary/aromatic N) is 1. The van der Waals surface area contributed by atoms with Gasteiger partial charge in [-0.2, -0.15) is 0 Å². The summed E-state index contributed by atoms with van der Waals surface area (Å²) in [4.78, 5) is 14.5. The smallest absolute Gasteiger partial charge is 0.349 e. The second-order valence-corrected chi connectivity index (χ2v) is 3.36. The number of aromatic nitrogens is 1. The van der Waals surface area contributed by atoms with E-state index < -0.39 is 5.97 Å². The molecule has 1 aromatic carbocycles. The molecule has 0 aliphatic rings. The summed E-state index contributed by atoms with van der Waals surface area (Å²) < 4.78 is 4.34. The number of ether oxygens (including phenoxy) is 1. The molecule has 0 amide bonds. The van der Waals surface area contributed by atoms with Crippen LogP contribution in [0.3, 0.4) is 0 Å². The molecule has 0 spiro atoms. The Morgan fingerprint density at radius 2 is 2.25 bits per heavy atom. The van der Waals surface area contributed by atoms with Crippen LogP contribution in [-0.4, -0.2) is 11.0 Å². The molecule has 1 heterocycles. The summed E-state index contributed by atoms with van der Waals surface area (Å²) >= 11 is 0. The van der Waals surface area contributed by atoms with Crippen LogP contribution in [0.15, 0.2) is 24.3 Å². The summed E-state index contributed by atoms with van der Waals surface area (Å²) in [5, 5.41) is 9.32. The van der Waals surface area contributed by atoms with Gasteiger partial charge in [-0.1, -0.05) is 25.1 Å². The zero-order valence-corrected chi connectivity index (χ0v) is 8.78. The molecule has 4 heteroatoms. The monoisotopic (exact) mass is 214 g/mol. The molecule has 0 aliphatic heterocycles. The predicted octanol–water partition coefficient (Wildman–Crippen LogP) is 2.37. The van der Waals surface area contributed by atoms with E-state index in [2.05, 4.69) is 9.72 Å². The first-order valence-electron chi connectivity index (χ1n) is 4.97. The Balaban J connectivity index is 2.61. The molecule has 2 aromatic rings. The topological polar surface area (TPSA) is 65.9 Å². The van der Waals surface area contributed by atoms with Gasteiger partial charge in [-0.3, -0.25) is 0 Å². The number of carbonyl (C=O) groups is 1. The van der Waals surface area contributed by atoms with E-state index in [1.165, 1.54) is 6.26 Å². The van der Waals surface area contributed by atoms with Crippen molar-refractivity contribution < 1.29 is 9.53 Å². The van der Waals surface area contributed by atoms with Gasteiger partial charge < -0.3 is 9.72 Å². The largest absolute Gasteiger partial charge is 0.370 e. The van der Waals surface area contributed by atoms with Crippen LogP contribution in [0.2, 0.25) is 0 Å². The number of benzene rings is 1. The SMILES string of the molecule is CCc1c(C(=O)OC#N)[nH]c2ccccc12. The Morgan fingerprint density at radius 1 is 1.50 bits per heavy atom. The minimum Gasteiger partial charge on any atom is -0.349 e. The molecular weight excluding hydrogens is 204 g/mol. The van der Waals surface area contributed by atoms with Crippen molar-refractivity contribution in [3.8, 4) is 6.26 Å². The van der Waals surface area contributed by atoms with Crippen molar-refractivity contribution in [2.75, 3.05) is 0 Å². The zero-order valence-electron chi connectivity index (χ0n) is 8.78. The van der Waals surface area contributed by atoms with Gasteiger partial charge >= 0.3 is 5.97 Å². The standard InChI is InChI=1S/C12H10N2O2/c1-2-8-9-5-3-4-6-10(9)14-11(8)12(15)16-7-13/h3-6,14H,2H2,1H3. The number of carbonyl (C=O) groups excluding carboxylic acids is 1. The Bertz CT molecular complexity index is 578. The molecule has 0 atom stereocenters. The van der Waals surface area contributed by atoms with Crippen molar-refractivity contribution >= 4 is 16.9 Å². The van der Waals surface area contributed by atoms with Crippen LogP contribution in [0.25, 0.3) is 10.9 Å². The first kappa shape index (κ1) is 10.2. The van der Waals surface area contributed by atoms with Crippen molar-refractivity contribution in [1.29, 1.82) is 5.26 Å². The molecule has 0 radical (unpaired) electrons. The number of rotatable bonds is 2. The molecule has 1 N–H and O–H groups in total. The molecule has 0 fully saturated rings. The van der Waals surface area contributed by atoms with Gasteiger partial charge in [-0.05, 0) is 18.1 Å². The minimum atomic E-state index is -0.629. The lowest BCUT2D eigenvalue weighted by atomic mass is 10.1. The highest BCUT2D eigenvalue weighted by Crippen LogP contribution is 2.23. The molecule has 80 valence electrons. The fraction of sp³-hybridized carbons (Fsp3) is 0.167. The van der Waals surface area contributed by atoms with Crippen LogP contribution < -0.4 is 0 Å². The minimum absolute atomic E-state index is 0.366. The maximum absolute atomic E-state index is 11.5. The van der Waals surface area contributed by atoms with E-state index in [-0.39, 0.29) is 0 Å². The van der Waals surface area contributed by atoms with Gasteiger partial charge in [0.1, 0.15) is 5.69 Å². The average Bonchev–Trinajstić information content (AvgIpc) is 2.67. The van der Waals surface area contributed by atoms with Crippen LogP contribution in [0, 0.1) is 11.5 Å². The Morgan fingerprint density at radius 3 is 2.94 bits per heavy atom. The van der Waals surface area contributed by atoms with Crippen LogP contribution in [-0.2, 0) is 11.2 Å². The Labute approximate surface area is 92.4 Å². The number of esters is 1. The number of H-pyrrole nitrogens is 1. The fourth-order valence-electron chi connectivity index (χ4n) is 1.83. The summed E-state index contributed by atoms with van der Waals surface area (Å²) in [6.07, 6.45) is 2.10. The van der Waals surface area contributed by atoms with Crippen molar-refractivity contribution in [1.82, 2.24) is 4.98 Å². The molecule has 0 bridgehead atoms. The second kappa shape index (κ2) is 4.07. The third-order valence-electron chi connectivity index (χ3n) is 2.51. The zero-order chi connectivity index (χ0) is 11.5. The first-order chi connectivity index (χ1) is 7.77. The number of aromatic amines is 1. The van der Waals surface area contributed by atoms with E-state index in [1.807, 2.05) is 31.2 Å². The maximum Gasteiger partial charge on any atom is 0.370 e. The van der Waals surface area contributed by atoms with Crippen molar-refractivity contribution in [3.05, 3.63) is 35.5 Å². The highest BCUT2D eigenvalue weighted by molar-refractivity contribution is 5.98. The normalized spacial score (nSPS) is 10.0. The average molecular weight is 214 g/mol. The molecule has 4 nitrogen and oxygen atoms in total. The van der Waals surface area contributed by atoms with Crippen LogP contribution >= 0.6 is 0 Å². The lowest BCUT2D eigenvalue weighted by Gasteiger charge is -1.97. The highest BCUT2D eigenvalue weighted by atomic mass is 16.5. The van der Waals surface area contributed by atoms with Crippen molar-refractivity contribution in [2.24, 2.45) is 0 Å². The number of nitrogens with one attached hydrogen (secondary N) is 1. The van der Waals surface area contributed by atoms with Crippen molar-refractivity contribution in [2.45, 2.75) is 13.3 Å². The number of fused-ring (bicyclic) bond motifs is 1. The number of nitriles is 1. The lowest BCUT2D eigenvalue weighted by molar-refractivity contribution is 0.0678. The maximum atomic E-state index is 11.5. The van der Waals surface area contributed by atoms with Crippen LogP contribution in [0.4, 0.5) is 0 Å². The fourth-order valence-corrected chi connectivity index (χ4v) is 1.83. The number of para-hydroxylation sites is 1. The molecular formula is C12H10N2O2. The first-order valence-corrected chi connectivity index (χ1v) is 4.97. The van der Waals surface area contributed by atoms with Gasteiger partial charge in [0.25, 0.3) is 6.26 Å². The quantitative estimate of drug-likeness (QED) is 0.616. The van der Waals surface area contributed by atoms with E-state index in [4.69, 9.17) is 5.26 Å². The van der Waals surface area contributed by atoms with E-state index in [0.29, 0.717) is 12.1 Å². The van der Waals surface area contributed by atoms with Gasteiger partial charge in [-0.15, -0.1) is 5.26 Å².